The summed E-state index contributed by atoms with van der Waals surface area (Å²) in [7, 11) is 0. The zero-order valence-electron chi connectivity index (χ0n) is 10.4. The van der Waals surface area contributed by atoms with Crippen LogP contribution in [-0.4, -0.2) is 18.6 Å². The molecule has 0 saturated heterocycles. The van der Waals surface area contributed by atoms with Gasteiger partial charge in [-0.15, -0.1) is 0 Å². The summed E-state index contributed by atoms with van der Waals surface area (Å²) in [5.74, 6) is 0.465. The van der Waals surface area contributed by atoms with E-state index in [1.54, 1.807) is 6.08 Å². The Balaban J connectivity index is 2.14. The van der Waals surface area contributed by atoms with Gasteiger partial charge in [0.25, 0.3) is 5.91 Å². The molecule has 98 valence electrons. The average molecular weight is 258 g/mol. The number of amides is 1. The van der Waals surface area contributed by atoms with E-state index in [9.17, 15) is 9.59 Å². The molecule has 3 rings (SSSR count). The molecule has 1 saturated carbocycles. The number of para-hydroxylation sites is 1. The highest BCUT2D eigenvalue weighted by atomic mass is 16.5. The van der Waals surface area contributed by atoms with Gasteiger partial charge in [-0.1, -0.05) is 25.0 Å². The molecule has 1 heterocycles. The summed E-state index contributed by atoms with van der Waals surface area (Å²) in [6, 6.07) is 5.58. The molecule has 1 aromatic rings. The predicted molar refractivity (Wildman–Crippen MR) is 68.8 cm³/mol. The fourth-order valence-corrected chi connectivity index (χ4v) is 2.98. The van der Waals surface area contributed by atoms with Crippen LogP contribution in [0.25, 0.3) is 0 Å². The summed E-state index contributed by atoms with van der Waals surface area (Å²) in [5, 5.41) is 2.83. The van der Waals surface area contributed by atoms with Gasteiger partial charge in [0, 0.05) is 5.56 Å². The van der Waals surface area contributed by atoms with Crippen molar-refractivity contribution in [2.45, 2.75) is 31.2 Å². The van der Waals surface area contributed by atoms with Gasteiger partial charge in [-0.05, 0) is 18.9 Å². The van der Waals surface area contributed by atoms with Gasteiger partial charge in [-0.3, -0.25) is 4.79 Å². The average Bonchev–Trinajstić information content (AvgIpc) is 2.88. The number of fused-ring (bicyclic) bond motifs is 1. The first-order valence-electron chi connectivity index (χ1n) is 6.40. The molecule has 1 aliphatic carbocycles. The molecule has 0 bridgehead atoms. The second-order valence-corrected chi connectivity index (χ2v) is 4.96. The molecular formula is C14H14N2O3. The molecule has 5 nitrogen and oxygen atoms in total. The third-order valence-corrected chi connectivity index (χ3v) is 3.84. The number of nitrogens with zero attached hydrogens (tertiary/aromatic N) is 1. The van der Waals surface area contributed by atoms with Crippen molar-refractivity contribution in [1.82, 2.24) is 0 Å². The van der Waals surface area contributed by atoms with Crippen LogP contribution in [0.1, 0.15) is 31.2 Å². The largest absolute Gasteiger partial charge is 0.482 e. The van der Waals surface area contributed by atoms with E-state index in [0.29, 0.717) is 11.4 Å². The van der Waals surface area contributed by atoms with E-state index in [1.807, 2.05) is 18.2 Å². The van der Waals surface area contributed by atoms with Gasteiger partial charge in [0.05, 0.1) is 5.69 Å². The van der Waals surface area contributed by atoms with Crippen LogP contribution in [0, 0.1) is 0 Å². The number of carbonyl (C=O) groups is 1. The lowest BCUT2D eigenvalue weighted by Gasteiger charge is -2.29. The molecule has 1 aromatic carbocycles. The van der Waals surface area contributed by atoms with Gasteiger partial charge in [0.15, 0.2) is 6.61 Å². The van der Waals surface area contributed by atoms with Crippen molar-refractivity contribution in [1.29, 1.82) is 0 Å². The van der Waals surface area contributed by atoms with Crippen molar-refractivity contribution in [3.63, 3.8) is 0 Å². The fourth-order valence-electron chi connectivity index (χ4n) is 2.98. The van der Waals surface area contributed by atoms with E-state index in [-0.39, 0.29) is 12.5 Å². The summed E-state index contributed by atoms with van der Waals surface area (Å²) in [6.45, 7) is 0.0282. The number of nitrogens with one attached hydrogen (secondary N) is 1. The van der Waals surface area contributed by atoms with Gasteiger partial charge in [-0.25, -0.2) is 4.79 Å². The van der Waals surface area contributed by atoms with Crippen LogP contribution in [0.3, 0.4) is 0 Å². The lowest BCUT2D eigenvalue weighted by Crippen LogP contribution is -2.29. The molecule has 0 aromatic heterocycles. The Labute approximate surface area is 110 Å². The van der Waals surface area contributed by atoms with Gasteiger partial charge in [0.1, 0.15) is 11.3 Å². The van der Waals surface area contributed by atoms with E-state index in [1.165, 1.54) is 0 Å². The van der Waals surface area contributed by atoms with Crippen LogP contribution >= 0.6 is 0 Å². The van der Waals surface area contributed by atoms with Crippen LogP contribution in [0.15, 0.2) is 23.2 Å². The topological polar surface area (TPSA) is 67.8 Å². The quantitative estimate of drug-likeness (QED) is 0.652. The minimum Gasteiger partial charge on any atom is -0.482 e. The summed E-state index contributed by atoms with van der Waals surface area (Å²) < 4.78 is 5.41. The highest BCUT2D eigenvalue weighted by molar-refractivity contribution is 5.96. The highest BCUT2D eigenvalue weighted by Gasteiger charge is 2.39. The van der Waals surface area contributed by atoms with Crippen LogP contribution in [0.2, 0.25) is 0 Å². The normalized spacial score (nSPS) is 19.9. The number of rotatable bonds is 2. The fraction of sp³-hybridized carbons (Fsp3) is 0.429. The van der Waals surface area contributed by atoms with Crippen molar-refractivity contribution < 1.29 is 14.3 Å². The minimum absolute atomic E-state index is 0.0282. The van der Waals surface area contributed by atoms with Crippen LogP contribution in [0.4, 0.5) is 5.69 Å². The Hall–Kier alpha value is -2.13. The first-order chi connectivity index (χ1) is 9.25. The monoisotopic (exact) mass is 258 g/mol. The number of hydrogen-bond acceptors (Lipinski definition) is 4. The van der Waals surface area contributed by atoms with Gasteiger partial charge in [-0.2, -0.15) is 4.99 Å². The summed E-state index contributed by atoms with van der Waals surface area (Å²) in [5.41, 5.74) is 0.958. The predicted octanol–water partition coefficient (Wildman–Crippen LogP) is 2.12. The molecule has 0 atom stereocenters. The maximum atomic E-state index is 11.5. The van der Waals surface area contributed by atoms with E-state index in [4.69, 9.17) is 4.74 Å². The van der Waals surface area contributed by atoms with E-state index >= 15 is 0 Å². The summed E-state index contributed by atoms with van der Waals surface area (Å²) in [4.78, 5) is 26.3. The van der Waals surface area contributed by atoms with Crippen molar-refractivity contribution in [2.24, 2.45) is 4.99 Å². The van der Waals surface area contributed by atoms with Crippen molar-refractivity contribution in [3.05, 3.63) is 23.8 Å². The number of anilines is 1. The summed E-state index contributed by atoms with van der Waals surface area (Å²) >= 11 is 0. The third kappa shape index (κ3) is 1.92. The van der Waals surface area contributed by atoms with Crippen LogP contribution < -0.4 is 10.1 Å². The minimum atomic E-state index is -0.554. The Kier molecular flexibility index (Phi) is 2.84. The standard InChI is InChI=1S/C14H14N2O3/c17-9-15-14(6-1-2-7-14)10-4-3-5-11-13(10)16-12(18)8-19-11/h3-5H,1-2,6-8H2,(H,16,18). The Morgan fingerprint density at radius 1 is 1.32 bits per heavy atom. The Morgan fingerprint density at radius 3 is 2.84 bits per heavy atom. The summed E-state index contributed by atoms with van der Waals surface area (Å²) in [6.07, 6.45) is 5.32. The van der Waals surface area contributed by atoms with Gasteiger partial charge in [0.2, 0.25) is 6.08 Å². The van der Waals surface area contributed by atoms with Crippen molar-refractivity contribution in [2.75, 3.05) is 11.9 Å². The van der Waals surface area contributed by atoms with E-state index in [2.05, 4.69) is 10.3 Å². The van der Waals surface area contributed by atoms with Crippen LogP contribution in [-0.2, 0) is 15.1 Å². The van der Waals surface area contributed by atoms with Gasteiger partial charge >= 0.3 is 0 Å². The lowest BCUT2D eigenvalue weighted by molar-refractivity contribution is -0.118. The van der Waals surface area contributed by atoms with E-state index < -0.39 is 5.54 Å². The number of isocyanates is 1. The molecular weight excluding hydrogens is 244 g/mol. The Bertz CT molecular complexity index is 570. The second-order valence-electron chi connectivity index (χ2n) is 4.96. The lowest BCUT2D eigenvalue weighted by atomic mass is 9.87. The number of benzene rings is 1. The SMILES string of the molecule is O=C=NC1(c2cccc3c2NC(=O)CO3)CCCC1. The highest BCUT2D eigenvalue weighted by Crippen LogP contribution is 2.47. The molecule has 0 spiro atoms. The van der Waals surface area contributed by atoms with E-state index in [0.717, 1.165) is 31.2 Å². The first kappa shape index (κ1) is 11.9. The molecule has 1 fully saturated rings. The van der Waals surface area contributed by atoms with Crippen molar-refractivity contribution in [3.8, 4) is 5.75 Å². The van der Waals surface area contributed by atoms with Crippen LogP contribution in [0.5, 0.6) is 5.75 Å². The number of hydrogen-bond donors (Lipinski definition) is 1. The van der Waals surface area contributed by atoms with Crippen molar-refractivity contribution >= 4 is 17.7 Å². The molecule has 1 amide bonds. The maximum Gasteiger partial charge on any atom is 0.262 e. The smallest absolute Gasteiger partial charge is 0.262 e. The molecule has 0 radical (unpaired) electrons. The maximum absolute atomic E-state index is 11.5. The number of aliphatic imine (C=N–C) groups is 1. The number of ether oxygens (including phenoxy) is 1. The molecule has 5 heteroatoms. The molecule has 19 heavy (non-hydrogen) atoms. The zero-order valence-corrected chi connectivity index (χ0v) is 10.4. The van der Waals surface area contributed by atoms with Gasteiger partial charge < -0.3 is 10.1 Å². The second kappa shape index (κ2) is 4.52. The molecule has 2 aliphatic rings. The number of carbonyl (C=O) groups excluding carboxylic acids is 2. The third-order valence-electron chi connectivity index (χ3n) is 3.84. The Morgan fingerprint density at radius 2 is 2.11 bits per heavy atom. The molecule has 1 N–H and O–H groups in total. The molecule has 0 unspecified atom stereocenters. The first-order valence-corrected chi connectivity index (χ1v) is 6.40. The zero-order chi connectivity index (χ0) is 13.3. The molecule has 1 aliphatic heterocycles.